The van der Waals surface area contributed by atoms with Crippen LogP contribution in [0.3, 0.4) is 0 Å². The number of hydrogen-bond donors (Lipinski definition) is 0. The van der Waals surface area contributed by atoms with Crippen molar-refractivity contribution in [2.75, 3.05) is 13.7 Å². The number of piperidine rings is 1. The summed E-state index contributed by atoms with van der Waals surface area (Å²) in [6.07, 6.45) is 3.85. The Morgan fingerprint density at radius 3 is 2.83 bits per heavy atom. The van der Waals surface area contributed by atoms with Gasteiger partial charge in [-0.05, 0) is 19.3 Å². The SMILES string of the molecule is COC(=O)C1CCCCN1C(=O)c1cnn(C)n1. The van der Waals surface area contributed by atoms with Crippen LogP contribution in [0.2, 0.25) is 0 Å². The molecule has 1 aromatic heterocycles. The van der Waals surface area contributed by atoms with Gasteiger partial charge in [-0.15, -0.1) is 5.10 Å². The van der Waals surface area contributed by atoms with Gasteiger partial charge in [-0.2, -0.15) is 9.90 Å². The lowest BCUT2D eigenvalue weighted by atomic mass is 10.0. The van der Waals surface area contributed by atoms with Gasteiger partial charge in [0.15, 0.2) is 5.69 Å². The van der Waals surface area contributed by atoms with Crippen LogP contribution in [-0.2, 0) is 16.6 Å². The zero-order valence-corrected chi connectivity index (χ0v) is 10.5. The molecule has 1 amide bonds. The molecule has 18 heavy (non-hydrogen) atoms. The molecule has 0 aromatic carbocycles. The Hall–Kier alpha value is -1.92. The molecule has 98 valence electrons. The molecule has 0 N–H and O–H groups in total. The maximum atomic E-state index is 12.2. The summed E-state index contributed by atoms with van der Waals surface area (Å²) < 4.78 is 4.74. The third-order valence-corrected chi connectivity index (χ3v) is 3.06. The van der Waals surface area contributed by atoms with E-state index in [1.165, 1.54) is 23.0 Å². The minimum Gasteiger partial charge on any atom is -0.467 e. The van der Waals surface area contributed by atoms with E-state index in [9.17, 15) is 9.59 Å². The molecule has 0 bridgehead atoms. The van der Waals surface area contributed by atoms with E-state index in [2.05, 4.69) is 10.2 Å². The van der Waals surface area contributed by atoms with E-state index >= 15 is 0 Å². The number of aromatic nitrogens is 3. The summed E-state index contributed by atoms with van der Waals surface area (Å²) in [5, 5.41) is 7.83. The van der Waals surface area contributed by atoms with Crippen LogP contribution < -0.4 is 0 Å². The van der Waals surface area contributed by atoms with Crippen molar-refractivity contribution >= 4 is 11.9 Å². The summed E-state index contributed by atoms with van der Waals surface area (Å²) >= 11 is 0. The smallest absolute Gasteiger partial charge is 0.328 e. The second-order valence-electron chi connectivity index (χ2n) is 4.25. The van der Waals surface area contributed by atoms with Crippen molar-refractivity contribution in [1.29, 1.82) is 0 Å². The predicted octanol–water partition coefficient (Wildman–Crippen LogP) is -0.0172. The molecular weight excluding hydrogens is 236 g/mol. The molecule has 1 aliphatic rings. The van der Waals surface area contributed by atoms with Gasteiger partial charge in [0.2, 0.25) is 0 Å². The summed E-state index contributed by atoms with van der Waals surface area (Å²) in [6, 6.07) is -0.502. The van der Waals surface area contributed by atoms with Gasteiger partial charge in [0.1, 0.15) is 6.04 Å². The second kappa shape index (κ2) is 5.16. The van der Waals surface area contributed by atoms with Crippen LogP contribution in [0.25, 0.3) is 0 Å². The number of rotatable bonds is 2. The molecule has 1 aliphatic heterocycles. The fourth-order valence-corrected chi connectivity index (χ4v) is 2.15. The summed E-state index contributed by atoms with van der Waals surface area (Å²) in [4.78, 5) is 26.8. The van der Waals surface area contributed by atoms with E-state index in [1.807, 2.05) is 0 Å². The minimum absolute atomic E-state index is 0.258. The Bertz CT molecular complexity index is 457. The molecular formula is C11H16N4O3. The van der Waals surface area contributed by atoms with Crippen molar-refractivity contribution < 1.29 is 14.3 Å². The van der Waals surface area contributed by atoms with Gasteiger partial charge in [-0.3, -0.25) is 4.79 Å². The lowest BCUT2D eigenvalue weighted by Gasteiger charge is -2.33. The third kappa shape index (κ3) is 2.34. The van der Waals surface area contributed by atoms with Crippen LogP contribution in [0, 0.1) is 0 Å². The fourth-order valence-electron chi connectivity index (χ4n) is 2.15. The number of amides is 1. The van der Waals surface area contributed by atoms with E-state index in [1.54, 1.807) is 7.05 Å². The number of carbonyl (C=O) groups is 2. The first-order valence-corrected chi connectivity index (χ1v) is 5.88. The van der Waals surface area contributed by atoms with E-state index in [0.29, 0.717) is 13.0 Å². The summed E-state index contributed by atoms with van der Waals surface area (Å²) in [7, 11) is 2.98. The minimum atomic E-state index is -0.502. The molecule has 0 saturated carbocycles. The molecule has 0 aliphatic carbocycles. The number of nitrogens with zero attached hydrogens (tertiary/aromatic N) is 4. The highest BCUT2D eigenvalue weighted by Crippen LogP contribution is 2.19. The summed E-state index contributed by atoms with van der Waals surface area (Å²) in [5.74, 6) is -0.634. The molecule has 2 heterocycles. The zero-order valence-electron chi connectivity index (χ0n) is 10.5. The Labute approximate surface area is 105 Å². The first-order chi connectivity index (χ1) is 8.63. The van der Waals surface area contributed by atoms with Crippen molar-refractivity contribution in [3.8, 4) is 0 Å². The summed E-state index contributed by atoms with van der Waals surface area (Å²) in [6.45, 7) is 0.551. The maximum absolute atomic E-state index is 12.2. The first-order valence-electron chi connectivity index (χ1n) is 5.88. The highest BCUT2D eigenvalue weighted by molar-refractivity contribution is 5.95. The molecule has 0 radical (unpaired) electrons. The van der Waals surface area contributed by atoms with Gasteiger partial charge in [0.05, 0.1) is 13.3 Å². The van der Waals surface area contributed by atoms with Crippen LogP contribution in [0.1, 0.15) is 29.8 Å². The van der Waals surface area contributed by atoms with Crippen LogP contribution >= 0.6 is 0 Å². The van der Waals surface area contributed by atoms with Crippen LogP contribution in [0.15, 0.2) is 6.20 Å². The number of carbonyl (C=O) groups excluding carboxylic acids is 2. The molecule has 1 unspecified atom stereocenters. The van der Waals surface area contributed by atoms with Crippen molar-refractivity contribution in [1.82, 2.24) is 19.9 Å². The van der Waals surface area contributed by atoms with Gasteiger partial charge >= 0.3 is 5.97 Å². The fraction of sp³-hybridized carbons (Fsp3) is 0.636. The molecule has 7 nitrogen and oxygen atoms in total. The van der Waals surface area contributed by atoms with Gasteiger partial charge < -0.3 is 9.64 Å². The lowest BCUT2D eigenvalue weighted by Crippen LogP contribution is -2.48. The van der Waals surface area contributed by atoms with Crippen molar-refractivity contribution in [3.05, 3.63) is 11.9 Å². The Kier molecular flexibility index (Phi) is 3.59. The molecule has 1 aromatic rings. The van der Waals surface area contributed by atoms with Crippen molar-refractivity contribution in [2.24, 2.45) is 7.05 Å². The van der Waals surface area contributed by atoms with Crippen molar-refractivity contribution in [2.45, 2.75) is 25.3 Å². The van der Waals surface area contributed by atoms with Crippen molar-refractivity contribution in [3.63, 3.8) is 0 Å². The van der Waals surface area contributed by atoms with Gasteiger partial charge in [0.25, 0.3) is 5.91 Å². The maximum Gasteiger partial charge on any atom is 0.328 e. The van der Waals surface area contributed by atoms with Crippen LogP contribution in [0.4, 0.5) is 0 Å². The number of esters is 1. The molecule has 2 rings (SSSR count). The van der Waals surface area contributed by atoms with Gasteiger partial charge in [-0.25, -0.2) is 4.79 Å². The topological polar surface area (TPSA) is 77.3 Å². The van der Waals surface area contributed by atoms with Gasteiger partial charge in [0, 0.05) is 13.6 Å². The second-order valence-corrected chi connectivity index (χ2v) is 4.25. The average Bonchev–Trinajstić information content (AvgIpc) is 2.83. The Balaban J connectivity index is 2.18. The molecule has 1 saturated heterocycles. The largest absolute Gasteiger partial charge is 0.467 e. The van der Waals surface area contributed by atoms with E-state index in [0.717, 1.165) is 12.8 Å². The predicted molar refractivity (Wildman–Crippen MR) is 61.7 cm³/mol. The Morgan fingerprint density at radius 2 is 2.22 bits per heavy atom. The average molecular weight is 252 g/mol. The first kappa shape index (κ1) is 12.5. The molecule has 7 heteroatoms. The van der Waals surface area contributed by atoms with E-state index in [4.69, 9.17) is 4.74 Å². The molecule has 0 spiro atoms. The number of hydrogen-bond acceptors (Lipinski definition) is 5. The quantitative estimate of drug-likeness (QED) is 0.691. The molecule has 1 fully saturated rings. The molecule has 1 atom stereocenters. The highest BCUT2D eigenvalue weighted by Gasteiger charge is 2.34. The normalized spacial score (nSPS) is 19.7. The summed E-state index contributed by atoms with van der Waals surface area (Å²) in [5.41, 5.74) is 0.258. The number of likely N-dealkylation sites (tertiary alicyclic amines) is 1. The lowest BCUT2D eigenvalue weighted by molar-refractivity contribution is -0.147. The van der Waals surface area contributed by atoms with Crippen LogP contribution in [0.5, 0.6) is 0 Å². The zero-order chi connectivity index (χ0) is 13.1. The monoisotopic (exact) mass is 252 g/mol. The van der Waals surface area contributed by atoms with Gasteiger partial charge in [-0.1, -0.05) is 0 Å². The number of ether oxygens (including phenoxy) is 1. The van der Waals surface area contributed by atoms with E-state index < -0.39 is 6.04 Å². The highest BCUT2D eigenvalue weighted by atomic mass is 16.5. The standard InChI is InChI=1S/C11H16N4O3/c1-14-12-7-8(13-14)10(16)15-6-4-3-5-9(15)11(17)18-2/h7,9H,3-6H2,1-2H3. The van der Waals surface area contributed by atoms with Crippen LogP contribution in [-0.4, -0.2) is 51.5 Å². The Morgan fingerprint density at radius 1 is 1.44 bits per heavy atom. The number of methoxy groups -OCH3 is 1. The number of aryl methyl sites for hydroxylation is 1. The van der Waals surface area contributed by atoms with E-state index in [-0.39, 0.29) is 17.6 Å². The third-order valence-electron chi connectivity index (χ3n) is 3.06.